The van der Waals surface area contributed by atoms with Gasteiger partial charge in [-0.05, 0) is 43.9 Å². The van der Waals surface area contributed by atoms with Crippen molar-refractivity contribution in [2.24, 2.45) is 11.8 Å². The third-order valence-electron chi connectivity index (χ3n) is 10.5. The second-order valence-electron chi connectivity index (χ2n) is 13.8. The Bertz CT molecular complexity index is 1830. The Kier molecular flexibility index (Phi) is 10.0. The third kappa shape index (κ3) is 6.56. The van der Waals surface area contributed by atoms with Crippen LogP contribution in [0, 0.1) is 11.8 Å². The van der Waals surface area contributed by atoms with Crippen molar-refractivity contribution in [1.82, 2.24) is 30.1 Å². The number of carbonyl (C=O) groups is 4. The van der Waals surface area contributed by atoms with Crippen LogP contribution in [0.2, 0.25) is 0 Å². The number of cyclic esters (lactones) is 1. The predicted octanol–water partition coefficient (Wildman–Crippen LogP) is 3.06. The molecule has 1 spiro atoms. The van der Waals surface area contributed by atoms with Gasteiger partial charge in [-0.15, -0.1) is 5.10 Å². The highest BCUT2D eigenvalue weighted by molar-refractivity contribution is 5.99. The van der Waals surface area contributed by atoms with E-state index >= 15 is 0 Å². The molecule has 1 aromatic heterocycles. The first-order valence-electron chi connectivity index (χ1n) is 17.9. The molecule has 0 unspecified atom stereocenters. The van der Waals surface area contributed by atoms with Crippen molar-refractivity contribution >= 4 is 34.7 Å². The highest BCUT2D eigenvalue weighted by Crippen LogP contribution is 2.56. The van der Waals surface area contributed by atoms with E-state index in [1.165, 1.54) is 0 Å². The summed E-state index contributed by atoms with van der Waals surface area (Å²) in [6.07, 6.45) is 9.12. The fourth-order valence-corrected chi connectivity index (χ4v) is 8.02. The maximum atomic E-state index is 15.0. The Morgan fingerprint density at radius 1 is 0.961 bits per heavy atom. The van der Waals surface area contributed by atoms with Crippen LogP contribution in [0.15, 0.2) is 78.9 Å². The number of nitrogens with zero attached hydrogens (tertiary/aromatic N) is 5. The number of likely N-dealkylation sites (tertiary alicyclic amines) is 1. The van der Waals surface area contributed by atoms with Crippen LogP contribution >= 0.6 is 0 Å². The largest absolute Gasteiger partial charge is 0.455 e. The average Bonchev–Trinajstić information content (AvgIpc) is 3.89. The number of benzene rings is 2. The number of aliphatic hydroxyl groups excluding tert-OH is 1. The van der Waals surface area contributed by atoms with Gasteiger partial charge in [0, 0.05) is 26.1 Å². The highest BCUT2D eigenvalue weighted by atomic mass is 16.6. The summed E-state index contributed by atoms with van der Waals surface area (Å²) in [5.74, 6) is -3.47. The molecule has 4 aliphatic rings. The predicted molar refractivity (Wildman–Crippen MR) is 185 cm³/mol. The van der Waals surface area contributed by atoms with Gasteiger partial charge in [0.05, 0.1) is 23.6 Å². The van der Waals surface area contributed by atoms with Gasteiger partial charge in [-0.25, -0.2) is 4.68 Å². The molecule has 0 saturated carbocycles. The monoisotopic (exact) mass is 696 g/mol. The molecule has 3 aromatic rings. The van der Waals surface area contributed by atoms with Gasteiger partial charge in [0.1, 0.15) is 35.9 Å². The zero-order valence-corrected chi connectivity index (χ0v) is 28.7. The molecule has 13 heteroatoms. The van der Waals surface area contributed by atoms with E-state index in [1.54, 1.807) is 33.6 Å². The van der Waals surface area contributed by atoms with Crippen molar-refractivity contribution < 1.29 is 33.8 Å². The molecule has 0 aliphatic carbocycles. The first kappa shape index (κ1) is 34.6. The fraction of sp³-hybridized carbons (Fsp3) is 0.474. The Morgan fingerprint density at radius 3 is 2.57 bits per heavy atom. The van der Waals surface area contributed by atoms with E-state index in [0.717, 1.165) is 18.4 Å². The molecule has 0 radical (unpaired) electrons. The molecule has 13 nitrogen and oxygen atoms in total. The Hall–Kier alpha value is -4.88. The van der Waals surface area contributed by atoms with E-state index in [4.69, 9.17) is 9.47 Å². The molecule has 2 aromatic carbocycles. The van der Waals surface area contributed by atoms with Gasteiger partial charge in [0.2, 0.25) is 11.8 Å². The fourth-order valence-electron chi connectivity index (χ4n) is 8.02. The SMILES string of the molecule is C[C@H]1NC(=O)CC/C=C\CN(Cn2nnc3ccccc32)C(=O)[C@@H]2N(CCCCCCO)C(=O)[C@H]3[C@H](C(=O)O[C@@H]1c1ccccc1)[C@@H]1C=C[C@]23O1. The topological polar surface area (TPSA) is 156 Å². The Morgan fingerprint density at radius 2 is 1.75 bits per heavy atom. The quantitative estimate of drug-likeness (QED) is 0.195. The lowest BCUT2D eigenvalue weighted by Gasteiger charge is -2.35. The molecule has 2 saturated heterocycles. The molecule has 5 bridgehead atoms. The first-order valence-corrected chi connectivity index (χ1v) is 17.9. The van der Waals surface area contributed by atoms with Crippen LogP contribution in [0.25, 0.3) is 11.0 Å². The number of hydrogen-bond acceptors (Lipinski definition) is 9. The molecule has 3 amide bonds. The van der Waals surface area contributed by atoms with Crippen molar-refractivity contribution in [1.29, 1.82) is 0 Å². The van der Waals surface area contributed by atoms with Crippen molar-refractivity contribution in [3.05, 3.63) is 84.5 Å². The number of allylic oxidation sites excluding steroid dienone is 1. The van der Waals surface area contributed by atoms with E-state index in [1.807, 2.05) is 66.7 Å². The van der Waals surface area contributed by atoms with Crippen molar-refractivity contribution in [3.63, 3.8) is 0 Å². The molecule has 7 rings (SSSR count). The van der Waals surface area contributed by atoms with E-state index in [-0.39, 0.29) is 50.5 Å². The van der Waals surface area contributed by atoms with Crippen molar-refractivity contribution in [2.75, 3.05) is 19.7 Å². The van der Waals surface area contributed by atoms with Crippen molar-refractivity contribution in [3.8, 4) is 0 Å². The standard InChI is InChI=1S/C38H44N6O7/c1-25-33(26-14-6-4-7-15-26)50-37(49)31-29-19-20-38(51-29)32(31)35(47)43(22-12-2-3-13-23-45)34(38)36(48)42(21-11-5-8-18-30(46)39-25)24-44-28-17-10-9-16-27(28)40-41-44/h4-7,9-11,14-17,19-20,25,29,31-34,45H,2-3,8,12-13,18,21-24H2,1H3,(H,39,46)/b11-5-/t25-,29+,31-,32-,33+,34+,38-/m1/s1. The number of carbonyl (C=O) groups excluding carboxylic acids is 4. The molecule has 51 heavy (non-hydrogen) atoms. The van der Waals surface area contributed by atoms with Gasteiger partial charge >= 0.3 is 5.97 Å². The summed E-state index contributed by atoms with van der Waals surface area (Å²) < 4.78 is 14.5. The van der Waals surface area contributed by atoms with Gasteiger partial charge in [-0.1, -0.05) is 84.8 Å². The third-order valence-corrected chi connectivity index (χ3v) is 10.5. The van der Waals surface area contributed by atoms with Crippen LogP contribution in [0.1, 0.15) is 57.1 Å². The molecule has 4 aliphatic heterocycles. The summed E-state index contributed by atoms with van der Waals surface area (Å²) >= 11 is 0. The summed E-state index contributed by atoms with van der Waals surface area (Å²) in [6.45, 7) is 2.40. The summed E-state index contributed by atoms with van der Waals surface area (Å²) in [5, 5.41) is 20.9. The van der Waals surface area contributed by atoms with Gasteiger partial charge < -0.3 is 29.7 Å². The number of fused-ring (bicyclic) bond motifs is 3. The zero-order chi connectivity index (χ0) is 35.5. The molecule has 5 heterocycles. The zero-order valence-electron chi connectivity index (χ0n) is 28.7. The van der Waals surface area contributed by atoms with Crippen molar-refractivity contribution in [2.45, 2.75) is 82.0 Å². The van der Waals surface area contributed by atoms with Crippen LogP contribution in [0.5, 0.6) is 0 Å². The maximum Gasteiger partial charge on any atom is 0.313 e. The van der Waals surface area contributed by atoms with E-state index in [2.05, 4.69) is 15.6 Å². The lowest BCUT2D eigenvalue weighted by molar-refractivity contribution is -0.161. The van der Waals surface area contributed by atoms with Crippen LogP contribution in [-0.2, 0) is 35.3 Å². The molecular formula is C38H44N6O7. The number of rotatable bonds is 9. The van der Waals surface area contributed by atoms with Crippen LogP contribution < -0.4 is 5.32 Å². The van der Waals surface area contributed by atoms with E-state index < -0.39 is 47.7 Å². The smallest absolute Gasteiger partial charge is 0.313 e. The number of aromatic nitrogens is 3. The number of unbranched alkanes of at least 4 members (excludes halogenated alkanes) is 3. The molecule has 2 fully saturated rings. The van der Waals surface area contributed by atoms with Gasteiger partial charge in [0.15, 0.2) is 0 Å². The minimum absolute atomic E-state index is 0.0504. The van der Waals surface area contributed by atoms with E-state index in [9.17, 15) is 24.3 Å². The molecule has 268 valence electrons. The first-order chi connectivity index (χ1) is 24.8. The molecule has 7 atom stereocenters. The van der Waals surface area contributed by atoms with Gasteiger partial charge in [-0.2, -0.15) is 0 Å². The van der Waals surface area contributed by atoms with E-state index in [0.29, 0.717) is 30.3 Å². The normalized spacial score (nSPS) is 30.2. The van der Waals surface area contributed by atoms with Crippen LogP contribution in [0.3, 0.4) is 0 Å². The number of esters is 1. The number of aliphatic hydroxyl groups is 1. The second kappa shape index (κ2) is 14.8. The molecule has 2 N–H and O–H groups in total. The number of para-hydroxylation sites is 1. The lowest BCUT2D eigenvalue weighted by atomic mass is 9.74. The summed E-state index contributed by atoms with van der Waals surface area (Å²) in [4.78, 5) is 60.2. The number of hydrogen-bond donors (Lipinski definition) is 2. The average molecular weight is 697 g/mol. The lowest BCUT2D eigenvalue weighted by Crippen LogP contribution is -2.56. The summed E-state index contributed by atoms with van der Waals surface area (Å²) in [7, 11) is 0. The molecular weight excluding hydrogens is 652 g/mol. The Balaban J connectivity index is 1.27. The maximum absolute atomic E-state index is 15.0. The van der Waals surface area contributed by atoms with Gasteiger partial charge in [-0.3, -0.25) is 19.2 Å². The van der Waals surface area contributed by atoms with Crippen LogP contribution in [0.4, 0.5) is 0 Å². The second-order valence-corrected chi connectivity index (χ2v) is 13.8. The highest BCUT2D eigenvalue weighted by Gasteiger charge is 2.73. The number of amides is 3. The minimum Gasteiger partial charge on any atom is -0.455 e. The summed E-state index contributed by atoms with van der Waals surface area (Å²) in [6, 6.07) is 15.1. The van der Waals surface area contributed by atoms with Crippen LogP contribution in [-0.4, -0.2) is 97.1 Å². The minimum atomic E-state index is -1.38. The summed E-state index contributed by atoms with van der Waals surface area (Å²) in [5.41, 5.74) is 0.755. The number of nitrogens with one attached hydrogen (secondary N) is 1. The Labute approximate surface area is 296 Å². The number of ether oxygens (including phenoxy) is 2. The van der Waals surface area contributed by atoms with Gasteiger partial charge in [0.25, 0.3) is 5.91 Å².